The van der Waals surface area contributed by atoms with Crippen LogP contribution in [0.2, 0.25) is 0 Å². The van der Waals surface area contributed by atoms with Gasteiger partial charge in [-0.15, -0.1) is 11.3 Å². The third kappa shape index (κ3) is 6.89. The number of hydrogen-bond acceptors (Lipinski definition) is 6. The molecule has 1 aliphatic heterocycles. The maximum atomic E-state index is 14.1. The summed E-state index contributed by atoms with van der Waals surface area (Å²) in [5.41, 5.74) is 0.212. The second-order valence-electron chi connectivity index (χ2n) is 10.8. The first kappa shape index (κ1) is 28.2. The summed E-state index contributed by atoms with van der Waals surface area (Å²) in [5, 5.41) is 0. The molecule has 2 heterocycles. The first-order chi connectivity index (χ1) is 17.1. The lowest BCUT2D eigenvalue weighted by atomic mass is 9.82. The Morgan fingerprint density at radius 1 is 1.19 bits per heavy atom. The number of hydrogen-bond donors (Lipinski definition) is 0. The van der Waals surface area contributed by atoms with Crippen LogP contribution >= 0.6 is 11.3 Å². The number of ether oxygens (including phenoxy) is 2. The van der Waals surface area contributed by atoms with Gasteiger partial charge < -0.3 is 14.4 Å². The average molecular weight is 517 g/mol. The quantitative estimate of drug-likeness (QED) is 0.404. The number of thiophene rings is 1. The van der Waals surface area contributed by atoms with E-state index in [1.54, 1.807) is 15.9 Å². The van der Waals surface area contributed by atoms with Crippen LogP contribution in [0.3, 0.4) is 0 Å². The van der Waals surface area contributed by atoms with Crippen LogP contribution < -0.4 is 4.90 Å². The van der Waals surface area contributed by atoms with Crippen LogP contribution in [0.15, 0.2) is 6.07 Å². The van der Waals surface area contributed by atoms with E-state index in [1.165, 1.54) is 18.4 Å². The van der Waals surface area contributed by atoms with Crippen molar-refractivity contribution in [1.82, 2.24) is 4.90 Å². The van der Waals surface area contributed by atoms with E-state index >= 15 is 0 Å². The smallest absolute Gasteiger partial charge is 0.350 e. The topological polar surface area (TPSA) is 76.2 Å². The van der Waals surface area contributed by atoms with Gasteiger partial charge in [0.1, 0.15) is 10.9 Å². The van der Waals surface area contributed by atoms with Crippen LogP contribution in [0, 0.1) is 29.1 Å². The molecule has 2 amide bonds. The Morgan fingerprint density at radius 2 is 1.83 bits per heavy atom. The zero-order valence-electron chi connectivity index (χ0n) is 22.5. The Hall–Kier alpha value is -2.37. The molecule has 1 aromatic heterocycles. The Kier molecular flexibility index (Phi) is 9.59. The van der Waals surface area contributed by atoms with Crippen LogP contribution in [0.4, 0.5) is 5.69 Å². The van der Waals surface area contributed by atoms with Crippen molar-refractivity contribution in [3.05, 3.63) is 15.8 Å². The van der Waals surface area contributed by atoms with Crippen molar-refractivity contribution in [3.63, 3.8) is 0 Å². The second kappa shape index (κ2) is 12.2. The van der Waals surface area contributed by atoms with E-state index in [2.05, 4.69) is 18.8 Å². The summed E-state index contributed by atoms with van der Waals surface area (Å²) in [5.74, 6) is 6.06. The molecule has 1 saturated heterocycles. The molecular formula is C28H40N2O5S. The Bertz CT molecular complexity index is 1000. The predicted octanol–water partition coefficient (Wildman–Crippen LogP) is 4.73. The molecule has 1 atom stereocenters. The molecule has 3 rings (SSSR count). The summed E-state index contributed by atoms with van der Waals surface area (Å²) >= 11 is 1.21. The lowest BCUT2D eigenvalue weighted by Crippen LogP contribution is -2.55. The first-order valence-electron chi connectivity index (χ1n) is 13.0. The van der Waals surface area contributed by atoms with Gasteiger partial charge in [0.15, 0.2) is 0 Å². The van der Waals surface area contributed by atoms with Crippen molar-refractivity contribution in [2.45, 2.75) is 72.8 Å². The Balaban J connectivity index is 2.09. The van der Waals surface area contributed by atoms with Crippen molar-refractivity contribution in [3.8, 4) is 11.8 Å². The molecule has 0 spiro atoms. The molecular weight excluding hydrogens is 476 g/mol. The highest BCUT2D eigenvalue weighted by molar-refractivity contribution is 7.15. The number of esters is 1. The summed E-state index contributed by atoms with van der Waals surface area (Å²) in [6, 6.07) is 1.07. The summed E-state index contributed by atoms with van der Waals surface area (Å²) in [4.78, 5) is 45.1. The number of carbonyl (C=O) groups excluding carboxylic acids is 3. The first-order valence-corrected chi connectivity index (χ1v) is 13.8. The zero-order valence-corrected chi connectivity index (χ0v) is 23.3. The number of amides is 2. The largest absolute Gasteiger partial charge is 0.465 e. The van der Waals surface area contributed by atoms with Gasteiger partial charge >= 0.3 is 5.97 Å². The van der Waals surface area contributed by atoms with Gasteiger partial charge in [0.05, 0.1) is 30.9 Å². The van der Waals surface area contributed by atoms with E-state index in [4.69, 9.17) is 9.47 Å². The zero-order chi connectivity index (χ0) is 26.5. The molecule has 1 aliphatic carbocycles. The standard InChI is InChI=1S/C28H40N2O5S/c1-7-22(26(32)29-14-16-35-17-15-29)30(25(31)20-10-8-19(2)9-11-20)23-18-21(12-13-28(3,4)5)36-24(23)27(33)34-6/h18-20,22H,7-11,14-17H2,1-6H3/t19-,20-,22-/m1/s1. The molecule has 7 nitrogen and oxygen atoms in total. The van der Waals surface area contributed by atoms with Gasteiger partial charge in [-0.2, -0.15) is 0 Å². The van der Waals surface area contributed by atoms with Gasteiger partial charge in [-0.1, -0.05) is 25.7 Å². The summed E-state index contributed by atoms with van der Waals surface area (Å²) < 4.78 is 10.5. The lowest BCUT2D eigenvalue weighted by Gasteiger charge is -2.38. The van der Waals surface area contributed by atoms with Crippen LogP contribution in [0.1, 0.15) is 81.3 Å². The molecule has 0 aromatic carbocycles. The van der Waals surface area contributed by atoms with E-state index in [0.29, 0.717) is 54.1 Å². The fraction of sp³-hybridized carbons (Fsp3) is 0.679. The molecule has 1 saturated carbocycles. The molecule has 2 fully saturated rings. The number of carbonyl (C=O) groups is 3. The van der Waals surface area contributed by atoms with Crippen molar-refractivity contribution in [2.75, 3.05) is 38.3 Å². The number of rotatable bonds is 6. The van der Waals surface area contributed by atoms with Crippen LogP contribution in [-0.4, -0.2) is 62.1 Å². The van der Waals surface area contributed by atoms with Crippen molar-refractivity contribution < 1.29 is 23.9 Å². The third-order valence-electron chi connectivity index (χ3n) is 6.81. The molecule has 0 unspecified atom stereocenters. The molecule has 0 bridgehead atoms. The lowest BCUT2D eigenvalue weighted by molar-refractivity contribution is -0.139. The van der Waals surface area contributed by atoms with Gasteiger partial charge in [0.25, 0.3) is 0 Å². The SMILES string of the molecule is CC[C@H](C(=O)N1CCOCC1)N(c1cc(C#CC(C)(C)C)sc1C(=O)OC)C(=O)[C@H]1CC[C@H](C)CC1. The summed E-state index contributed by atoms with van der Waals surface area (Å²) in [6.45, 7) is 12.1. The van der Waals surface area contributed by atoms with E-state index in [0.717, 1.165) is 25.7 Å². The number of methoxy groups -OCH3 is 1. The van der Waals surface area contributed by atoms with Gasteiger partial charge in [-0.3, -0.25) is 14.5 Å². The molecule has 0 N–H and O–H groups in total. The van der Waals surface area contributed by atoms with Gasteiger partial charge in [0, 0.05) is 24.4 Å². The van der Waals surface area contributed by atoms with Crippen LogP contribution in [0.25, 0.3) is 0 Å². The third-order valence-corrected chi connectivity index (χ3v) is 7.83. The predicted molar refractivity (Wildman–Crippen MR) is 142 cm³/mol. The van der Waals surface area contributed by atoms with E-state index in [9.17, 15) is 14.4 Å². The van der Waals surface area contributed by atoms with E-state index in [-0.39, 0.29) is 23.1 Å². The Morgan fingerprint density at radius 3 is 2.39 bits per heavy atom. The minimum Gasteiger partial charge on any atom is -0.465 e. The fourth-order valence-corrected chi connectivity index (χ4v) is 5.64. The molecule has 36 heavy (non-hydrogen) atoms. The number of nitrogens with zero attached hydrogens (tertiary/aromatic N) is 2. The molecule has 0 radical (unpaired) electrons. The van der Waals surface area contributed by atoms with Crippen molar-refractivity contribution in [1.29, 1.82) is 0 Å². The summed E-state index contributed by atoms with van der Waals surface area (Å²) in [7, 11) is 1.33. The highest BCUT2D eigenvalue weighted by atomic mass is 32.1. The normalized spacial score (nSPS) is 21.2. The van der Waals surface area contributed by atoms with Gasteiger partial charge in [-0.25, -0.2) is 4.79 Å². The number of morpholine rings is 1. The van der Waals surface area contributed by atoms with Crippen molar-refractivity contribution >= 4 is 34.8 Å². The van der Waals surface area contributed by atoms with Crippen LogP contribution in [0.5, 0.6) is 0 Å². The molecule has 198 valence electrons. The summed E-state index contributed by atoms with van der Waals surface area (Å²) in [6.07, 6.45) is 3.97. The maximum Gasteiger partial charge on any atom is 0.350 e. The van der Waals surface area contributed by atoms with E-state index < -0.39 is 12.0 Å². The maximum absolute atomic E-state index is 14.1. The van der Waals surface area contributed by atoms with Gasteiger partial charge in [-0.05, 0) is 64.9 Å². The fourth-order valence-electron chi connectivity index (χ4n) is 4.72. The minimum absolute atomic E-state index is 0.0892. The highest BCUT2D eigenvalue weighted by Crippen LogP contribution is 2.37. The van der Waals surface area contributed by atoms with Crippen LogP contribution in [-0.2, 0) is 19.1 Å². The molecule has 8 heteroatoms. The molecule has 2 aliphatic rings. The van der Waals surface area contributed by atoms with Crippen molar-refractivity contribution in [2.24, 2.45) is 17.3 Å². The Labute approximate surface area is 219 Å². The monoisotopic (exact) mass is 516 g/mol. The average Bonchev–Trinajstić information content (AvgIpc) is 3.29. The molecule has 1 aromatic rings. The highest BCUT2D eigenvalue weighted by Gasteiger charge is 2.39. The van der Waals surface area contributed by atoms with Gasteiger partial charge in [0.2, 0.25) is 11.8 Å². The van der Waals surface area contributed by atoms with E-state index in [1.807, 2.05) is 27.7 Å². The second-order valence-corrected chi connectivity index (χ2v) is 11.9. The number of anilines is 1. The minimum atomic E-state index is -0.712.